The van der Waals surface area contributed by atoms with Gasteiger partial charge in [-0.15, -0.1) is 0 Å². The summed E-state index contributed by atoms with van der Waals surface area (Å²) in [6.07, 6.45) is -3.08. The summed E-state index contributed by atoms with van der Waals surface area (Å²) in [4.78, 5) is 24.1. The Morgan fingerprint density at radius 2 is 1.90 bits per heavy atom. The molecule has 0 aliphatic rings. The lowest BCUT2D eigenvalue weighted by molar-refractivity contribution is -0.137. The minimum Gasteiger partial charge on any atom is -0.324 e. The number of hydrogen-bond donors (Lipinski definition) is 1. The first kappa shape index (κ1) is 20.4. The molecule has 0 aliphatic heterocycles. The van der Waals surface area contributed by atoms with E-state index in [0.29, 0.717) is 17.1 Å². The van der Waals surface area contributed by atoms with E-state index < -0.39 is 17.6 Å². The number of carbonyl (C=O) groups excluding carboxylic acids is 1. The van der Waals surface area contributed by atoms with Crippen LogP contribution in [0, 0.1) is 13.8 Å². The van der Waals surface area contributed by atoms with E-state index in [2.05, 4.69) is 10.4 Å². The van der Waals surface area contributed by atoms with Crippen molar-refractivity contribution in [3.63, 3.8) is 0 Å². The second-order valence-corrected chi connectivity index (χ2v) is 6.60. The number of rotatable bonds is 5. The van der Waals surface area contributed by atoms with Crippen LogP contribution in [0.15, 0.2) is 53.5 Å². The van der Waals surface area contributed by atoms with Gasteiger partial charge in [-0.25, -0.2) is 4.68 Å². The minimum atomic E-state index is -4.55. The highest BCUT2D eigenvalue weighted by Crippen LogP contribution is 2.33. The molecule has 1 aromatic carbocycles. The fourth-order valence-electron chi connectivity index (χ4n) is 2.95. The van der Waals surface area contributed by atoms with Gasteiger partial charge in [0, 0.05) is 30.9 Å². The average molecular weight is 404 g/mol. The Kier molecular flexibility index (Phi) is 5.58. The monoisotopic (exact) mass is 404 g/mol. The quantitative estimate of drug-likeness (QED) is 0.705. The number of amides is 1. The number of alkyl halides is 3. The molecule has 3 rings (SSSR count). The maximum Gasteiger partial charge on any atom is 0.416 e. The molecule has 2 heterocycles. The van der Waals surface area contributed by atoms with Crippen LogP contribution in [0.2, 0.25) is 0 Å². The molecule has 29 heavy (non-hydrogen) atoms. The van der Waals surface area contributed by atoms with Crippen LogP contribution in [0.5, 0.6) is 0 Å². The number of pyridine rings is 1. The highest BCUT2D eigenvalue weighted by atomic mass is 19.4. The highest BCUT2D eigenvalue weighted by molar-refractivity contribution is 5.93. The fraction of sp³-hybridized carbons (Fsp3) is 0.250. The summed E-state index contributed by atoms with van der Waals surface area (Å²) in [5.74, 6) is -0.511. The topological polar surface area (TPSA) is 68.9 Å². The largest absolute Gasteiger partial charge is 0.416 e. The van der Waals surface area contributed by atoms with Crippen LogP contribution in [0.1, 0.15) is 23.4 Å². The van der Waals surface area contributed by atoms with Crippen molar-refractivity contribution in [3.8, 4) is 5.69 Å². The third kappa shape index (κ3) is 4.74. The van der Waals surface area contributed by atoms with Gasteiger partial charge in [0.15, 0.2) is 0 Å². The number of halogens is 3. The van der Waals surface area contributed by atoms with Crippen LogP contribution in [-0.4, -0.2) is 20.3 Å². The molecule has 2 aromatic heterocycles. The van der Waals surface area contributed by atoms with E-state index in [0.717, 1.165) is 12.1 Å². The van der Waals surface area contributed by atoms with Crippen LogP contribution >= 0.6 is 0 Å². The standard InChI is InChI=1S/C20H19F3N4O2/c1-13-11-14(2)27(25-13)17-7-6-15(20(21,22)23)12-16(17)24-18(28)8-10-26-9-4-3-5-19(26)29/h3-7,9,11-12H,8,10H2,1-2H3,(H,24,28). The van der Waals surface area contributed by atoms with Gasteiger partial charge >= 0.3 is 6.18 Å². The highest BCUT2D eigenvalue weighted by Gasteiger charge is 2.31. The van der Waals surface area contributed by atoms with Gasteiger partial charge in [-0.2, -0.15) is 18.3 Å². The molecule has 0 bridgehead atoms. The molecule has 0 saturated carbocycles. The van der Waals surface area contributed by atoms with Crippen molar-refractivity contribution >= 4 is 11.6 Å². The molecule has 0 unspecified atom stereocenters. The number of aromatic nitrogens is 3. The molecule has 152 valence electrons. The summed E-state index contributed by atoms with van der Waals surface area (Å²) < 4.78 is 42.3. The summed E-state index contributed by atoms with van der Waals surface area (Å²) in [5, 5.41) is 6.82. The van der Waals surface area contributed by atoms with E-state index in [1.54, 1.807) is 38.2 Å². The zero-order valence-electron chi connectivity index (χ0n) is 15.8. The predicted octanol–water partition coefficient (Wildman–Crippen LogP) is 3.70. The van der Waals surface area contributed by atoms with E-state index in [-0.39, 0.29) is 24.2 Å². The Hall–Kier alpha value is -3.36. The first-order valence-corrected chi connectivity index (χ1v) is 8.85. The SMILES string of the molecule is Cc1cc(C)n(-c2ccc(C(F)(F)F)cc2NC(=O)CCn2ccccc2=O)n1. The second kappa shape index (κ2) is 7.94. The lowest BCUT2D eigenvalue weighted by Crippen LogP contribution is -2.22. The van der Waals surface area contributed by atoms with Crippen LogP contribution in [0.25, 0.3) is 5.69 Å². The van der Waals surface area contributed by atoms with Gasteiger partial charge in [0.25, 0.3) is 5.56 Å². The fourth-order valence-corrected chi connectivity index (χ4v) is 2.95. The lowest BCUT2D eigenvalue weighted by atomic mass is 10.1. The molecule has 6 nitrogen and oxygen atoms in total. The number of benzene rings is 1. The van der Waals surface area contributed by atoms with Crippen molar-refractivity contribution < 1.29 is 18.0 Å². The zero-order chi connectivity index (χ0) is 21.2. The van der Waals surface area contributed by atoms with Gasteiger partial charge in [-0.3, -0.25) is 9.59 Å². The van der Waals surface area contributed by atoms with Gasteiger partial charge in [-0.05, 0) is 44.2 Å². The van der Waals surface area contributed by atoms with E-state index in [1.807, 2.05) is 0 Å². The van der Waals surface area contributed by atoms with Crippen molar-refractivity contribution in [2.75, 3.05) is 5.32 Å². The molecular formula is C20H19F3N4O2. The van der Waals surface area contributed by atoms with Gasteiger partial charge in [0.2, 0.25) is 5.91 Å². The molecule has 9 heteroatoms. The van der Waals surface area contributed by atoms with Crippen LogP contribution in [0.3, 0.4) is 0 Å². The third-order valence-electron chi connectivity index (χ3n) is 4.31. The Morgan fingerprint density at radius 3 is 2.52 bits per heavy atom. The molecule has 0 saturated heterocycles. The molecule has 3 aromatic rings. The molecule has 0 spiro atoms. The molecule has 1 amide bonds. The minimum absolute atomic E-state index is 0.00330. The number of nitrogens with one attached hydrogen (secondary N) is 1. The van der Waals surface area contributed by atoms with Crippen molar-refractivity contribution in [2.45, 2.75) is 33.0 Å². The predicted molar refractivity (Wildman–Crippen MR) is 102 cm³/mol. The summed E-state index contributed by atoms with van der Waals surface area (Å²) in [5.41, 5.74) is 0.599. The Balaban J connectivity index is 1.89. The number of hydrogen-bond acceptors (Lipinski definition) is 3. The zero-order valence-corrected chi connectivity index (χ0v) is 15.8. The molecule has 0 radical (unpaired) electrons. The summed E-state index contributed by atoms with van der Waals surface area (Å²) >= 11 is 0. The van der Waals surface area contributed by atoms with Gasteiger partial charge in [0.05, 0.1) is 22.6 Å². The number of nitrogens with zero attached hydrogens (tertiary/aromatic N) is 3. The summed E-state index contributed by atoms with van der Waals surface area (Å²) in [6.45, 7) is 3.65. The first-order valence-electron chi connectivity index (χ1n) is 8.85. The van der Waals surface area contributed by atoms with Crippen LogP contribution < -0.4 is 10.9 Å². The maximum absolute atomic E-state index is 13.2. The number of carbonyl (C=O) groups is 1. The lowest BCUT2D eigenvalue weighted by Gasteiger charge is -2.16. The Labute approximate surface area is 164 Å². The second-order valence-electron chi connectivity index (χ2n) is 6.60. The number of anilines is 1. The third-order valence-corrected chi connectivity index (χ3v) is 4.31. The van der Waals surface area contributed by atoms with Crippen LogP contribution in [0.4, 0.5) is 18.9 Å². The van der Waals surface area contributed by atoms with Crippen molar-refractivity contribution in [2.24, 2.45) is 0 Å². The van der Waals surface area contributed by atoms with E-state index >= 15 is 0 Å². The van der Waals surface area contributed by atoms with E-state index in [1.165, 1.54) is 21.4 Å². The van der Waals surface area contributed by atoms with Crippen LogP contribution in [-0.2, 0) is 17.5 Å². The molecule has 1 N–H and O–H groups in total. The molecule has 0 atom stereocenters. The first-order chi connectivity index (χ1) is 13.6. The Morgan fingerprint density at radius 1 is 1.14 bits per heavy atom. The maximum atomic E-state index is 13.2. The number of aryl methyl sites for hydroxylation is 3. The molecule has 0 fully saturated rings. The average Bonchev–Trinajstić information content (AvgIpc) is 2.98. The van der Waals surface area contributed by atoms with Gasteiger partial charge < -0.3 is 9.88 Å². The summed E-state index contributed by atoms with van der Waals surface area (Å²) in [6, 6.07) is 9.51. The van der Waals surface area contributed by atoms with E-state index in [9.17, 15) is 22.8 Å². The van der Waals surface area contributed by atoms with Crippen molar-refractivity contribution in [1.82, 2.24) is 14.3 Å². The Bertz CT molecular complexity index is 1100. The van der Waals surface area contributed by atoms with Crippen molar-refractivity contribution in [1.29, 1.82) is 0 Å². The van der Waals surface area contributed by atoms with E-state index in [4.69, 9.17) is 0 Å². The summed E-state index contributed by atoms with van der Waals surface area (Å²) in [7, 11) is 0. The normalized spacial score (nSPS) is 11.5. The molecular weight excluding hydrogens is 385 g/mol. The smallest absolute Gasteiger partial charge is 0.324 e. The van der Waals surface area contributed by atoms with Gasteiger partial charge in [-0.1, -0.05) is 6.07 Å². The van der Waals surface area contributed by atoms with Gasteiger partial charge in [0.1, 0.15) is 0 Å². The van der Waals surface area contributed by atoms with Crippen molar-refractivity contribution in [3.05, 3.63) is 76.0 Å². The molecule has 0 aliphatic carbocycles.